The maximum atomic E-state index is 3.85. The molecule has 1 unspecified atom stereocenters. The Kier molecular flexibility index (Phi) is 44.7. The summed E-state index contributed by atoms with van der Waals surface area (Å²) in [6.07, 6.45) is 3.52. The molecule has 0 rings (SSSR count). The van der Waals surface area contributed by atoms with E-state index in [1.165, 1.54) is 12.0 Å². The molecule has 0 saturated heterocycles. The molecule has 0 bridgehead atoms. The first-order valence-corrected chi connectivity index (χ1v) is 5.13. The van der Waals surface area contributed by atoms with Crippen LogP contribution in [-0.2, 0) is 53.8 Å². The van der Waals surface area contributed by atoms with Gasteiger partial charge in [0.25, 0.3) is 0 Å². The smallest absolute Gasteiger partial charge is 0 e. The molecular formula is C12H26ArNWY-. The van der Waals surface area contributed by atoms with Crippen molar-refractivity contribution in [3.8, 4) is 0 Å². The van der Waals surface area contributed by atoms with Crippen LogP contribution < -0.4 is 0 Å². The van der Waals surface area contributed by atoms with Gasteiger partial charge in [0.15, 0.2) is 0 Å². The molecule has 0 N–H and O–H groups in total. The quantitative estimate of drug-likeness (QED) is 0.422. The Labute approximate surface area is 173 Å². The number of nitrogens with zero attached hydrogens (tertiary/aromatic N) is 1. The molecule has 0 spiro atoms. The Morgan fingerprint density at radius 1 is 1.38 bits per heavy atom. The molecular weight excluding hydrogens is 471 g/mol. The Morgan fingerprint density at radius 3 is 1.88 bits per heavy atom. The van der Waals surface area contributed by atoms with Crippen molar-refractivity contribution in [1.29, 1.82) is 0 Å². The molecule has 16 heavy (non-hydrogen) atoms. The van der Waals surface area contributed by atoms with Crippen LogP contribution in [-0.4, -0.2) is 18.0 Å². The molecule has 97 valence electrons. The van der Waals surface area contributed by atoms with Crippen molar-refractivity contribution in [2.45, 2.75) is 53.0 Å². The second-order valence-corrected chi connectivity index (χ2v) is 3.81. The van der Waals surface area contributed by atoms with E-state index in [0.29, 0.717) is 6.04 Å². The summed E-state index contributed by atoms with van der Waals surface area (Å²) >= 11 is 0. The average molecular weight is 497 g/mol. The molecule has 0 aliphatic rings. The van der Waals surface area contributed by atoms with Crippen molar-refractivity contribution < 1.29 is 91.5 Å². The third-order valence-electron chi connectivity index (χ3n) is 1.74. The van der Waals surface area contributed by atoms with Crippen molar-refractivity contribution in [3.05, 3.63) is 19.2 Å². The predicted octanol–water partition coefficient (Wildman–Crippen LogP) is 3.87. The zero-order valence-electron chi connectivity index (χ0n) is 11.4. The first kappa shape index (κ1) is 31.2. The standard InChI is InChI=1S/C9H18N.C3H8.Ar.W.Y/c1-8(2)6-7-9(3)10(4)5;1-3-2;;;/h9H,1,4,6-7H2,2-3,5H3;3H2,1-2H3;;;/q-1;;;;. The molecule has 0 aromatic rings. The first-order chi connectivity index (χ1) is 5.95. The molecule has 0 heterocycles. The number of rotatable bonds is 4. The van der Waals surface area contributed by atoms with Crippen LogP contribution in [0.15, 0.2) is 12.2 Å². The normalized spacial score (nSPS) is 9.69. The zero-order valence-corrected chi connectivity index (χ0v) is 17.9. The number of hydrogen-bond donors (Lipinski definition) is 0. The molecule has 4 heteroatoms. The Hall–Kier alpha value is 2.75. The van der Waals surface area contributed by atoms with Crippen molar-refractivity contribution in [2.24, 2.45) is 0 Å². The summed E-state index contributed by atoms with van der Waals surface area (Å²) in [5.41, 5.74) is 1.26. The molecule has 0 saturated carbocycles. The van der Waals surface area contributed by atoms with Crippen LogP contribution in [0.3, 0.4) is 0 Å². The van der Waals surface area contributed by atoms with E-state index in [9.17, 15) is 0 Å². The van der Waals surface area contributed by atoms with Gasteiger partial charge in [0.2, 0.25) is 0 Å². The number of allylic oxidation sites excluding steroid dienone is 1. The Bertz CT molecular complexity index is 132. The summed E-state index contributed by atoms with van der Waals surface area (Å²) in [5.74, 6) is 0. The van der Waals surface area contributed by atoms with Crippen LogP contribution in [0.4, 0.5) is 0 Å². The van der Waals surface area contributed by atoms with Gasteiger partial charge in [0, 0.05) is 91.5 Å². The van der Waals surface area contributed by atoms with E-state index in [4.69, 9.17) is 0 Å². The Balaban J connectivity index is -0.0000000606. The fraction of sp³-hybridized carbons (Fsp3) is 0.750. The summed E-state index contributed by atoms with van der Waals surface area (Å²) in [6.45, 7) is 12.3. The largest absolute Gasteiger partial charge is 0.459 e. The second kappa shape index (κ2) is 22.9. The van der Waals surface area contributed by atoms with Crippen molar-refractivity contribution in [3.63, 3.8) is 0 Å². The fourth-order valence-electron chi connectivity index (χ4n) is 0.676. The summed E-state index contributed by atoms with van der Waals surface area (Å²) in [6, 6.07) is 0.566. The van der Waals surface area contributed by atoms with Crippen LogP contribution in [0.5, 0.6) is 0 Å². The Morgan fingerprint density at radius 2 is 1.69 bits per heavy atom. The van der Waals surface area contributed by atoms with E-state index in [-0.39, 0.29) is 91.5 Å². The molecule has 0 aliphatic heterocycles. The third kappa shape index (κ3) is 30.1. The van der Waals surface area contributed by atoms with Crippen LogP contribution in [0.2, 0.25) is 0 Å². The van der Waals surface area contributed by atoms with Gasteiger partial charge in [-0.2, -0.15) is 0 Å². The van der Waals surface area contributed by atoms with Gasteiger partial charge in [0.1, 0.15) is 0 Å². The molecule has 0 aromatic carbocycles. The van der Waals surface area contributed by atoms with Crippen molar-refractivity contribution in [2.75, 3.05) is 7.05 Å². The minimum absolute atomic E-state index is 0. The molecule has 1 radical (unpaired) electrons. The molecule has 1 nitrogen and oxygen atoms in total. The van der Waals surface area contributed by atoms with E-state index in [1.54, 1.807) is 0 Å². The van der Waals surface area contributed by atoms with E-state index in [2.05, 4.69) is 41.3 Å². The van der Waals surface area contributed by atoms with E-state index < -0.39 is 0 Å². The monoisotopic (exact) mass is 497 g/mol. The number of hydrogen-bond acceptors (Lipinski definition) is 1. The van der Waals surface area contributed by atoms with Gasteiger partial charge in [-0.05, 0) is 32.9 Å². The predicted molar refractivity (Wildman–Crippen MR) is 62.6 cm³/mol. The van der Waals surface area contributed by atoms with E-state index in [1.807, 2.05) is 11.9 Å². The molecule has 0 aliphatic carbocycles. The van der Waals surface area contributed by atoms with Crippen LogP contribution in [0, 0.1) is 44.8 Å². The van der Waals surface area contributed by atoms with Crippen LogP contribution >= 0.6 is 0 Å². The maximum Gasteiger partial charge on any atom is 0 e. The second-order valence-electron chi connectivity index (χ2n) is 3.81. The van der Waals surface area contributed by atoms with Gasteiger partial charge in [0.05, 0.1) is 0 Å². The summed E-state index contributed by atoms with van der Waals surface area (Å²) < 4.78 is 0. The minimum atomic E-state index is 0. The van der Waals surface area contributed by atoms with E-state index >= 15 is 0 Å². The van der Waals surface area contributed by atoms with Gasteiger partial charge < -0.3 is 4.90 Å². The fourth-order valence-corrected chi connectivity index (χ4v) is 0.676. The average Bonchev–Trinajstić information content (AvgIpc) is 2.01. The summed E-state index contributed by atoms with van der Waals surface area (Å²) in [7, 11) is 5.82. The van der Waals surface area contributed by atoms with Crippen molar-refractivity contribution >= 4 is 0 Å². The molecule has 0 amide bonds. The van der Waals surface area contributed by atoms with Crippen molar-refractivity contribution in [1.82, 2.24) is 4.90 Å². The van der Waals surface area contributed by atoms with Gasteiger partial charge in [-0.25, -0.2) is 0 Å². The first-order valence-electron chi connectivity index (χ1n) is 5.13. The minimum Gasteiger partial charge on any atom is -0.459 e. The third-order valence-corrected chi connectivity index (χ3v) is 1.74. The molecule has 1 atom stereocenters. The summed E-state index contributed by atoms with van der Waals surface area (Å²) in [5, 5.41) is 0. The van der Waals surface area contributed by atoms with Gasteiger partial charge in [-0.3, -0.25) is 7.05 Å². The van der Waals surface area contributed by atoms with Gasteiger partial charge in [-0.1, -0.05) is 32.8 Å². The summed E-state index contributed by atoms with van der Waals surface area (Å²) in [4.78, 5) is 1.99. The molecule has 0 aromatic heterocycles. The van der Waals surface area contributed by atoms with E-state index in [0.717, 1.165) is 12.8 Å². The topological polar surface area (TPSA) is 3.24 Å². The maximum absolute atomic E-state index is 3.85. The van der Waals surface area contributed by atoms with Crippen LogP contribution in [0.25, 0.3) is 0 Å². The zero-order chi connectivity index (χ0) is 10.9. The van der Waals surface area contributed by atoms with Crippen LogP contribution in [0.1, 0.15) is 47.0 Å². The van der Waals surface area contributed by atoms with Gasteiger partial charge in [-0.15, -0.1) is 6.58 Å². The SMILES string of the molecule is C=C(C)CCC(C)N([CH2-])C.CCC.[Ar].[W].[Y]. The van der Waals surface area contributed by atoms with Gasteiger partial charge >= 0.3 is 0 Å². The molecule has 0 fully saturated rings.